The van der Waals surface area contributed by atoms with Crippen molar-refractivity contribution in [1.82, 2.24) is 10.2 Å². The summed E-state index contributed by atoms with van der Waals surface area (Å²) in [6.45, 7) is 0. The maximum Gasteiger partial charge on any atom is 0.278 e. The Kier molecular flexibility index (Phi) is 3.41. The zero-order valence-corrected chi connectivity index (χ0v) is 11.5. The van der Waals surface area contributed by atoms with Gasteiger partial charge < -0.3 is 0 Å². The van der Waals surface area contributed by atoms with Crippen molar-refractivity contribution in [2.45, 2.75) is 0 Å². The quantitative estimate of drug-likeness (QED) is 0.579. The van der Waals surface area contributed by atoms with Crippen molar-refractivity contribution >= 4 is 40.3 Å². The van der Waals surface area contributed by atoms with Crippen LogP contribution >= 0.6 is 11.6 Å². The normalized spacial score (nSPS) is 11.3. The number of nitro groups is 1. The molecule has 0 spiro atoms. The summed E-state index contributed by atoms with van der Waals surface area (Å²) < 4.78 is 0. The third-order valence-electron chi connectivity index (χ3n) is 3.13. The van der Waals surface area contributed by atoms with Crippen LogP contribution < -0.4 is 0 Å². The highest BCUT2D eigenvalue weighted by molar-refractivity contribution is 6.32. The summed E-state index contributed by atoms with van der Waals surface area (Å²) >= 11 is 6.05. The molecule has 1 N–H and O–H groups in total. The molecule has 0 fully saturated rings. The fraction of sp³-hybridized carbons (Fsp3) is 0. The number of nitrogens with one attached hydrogen (secondary N) is 1. The van der Waals surface area contributed by atoms with Crippen LogP contribution in [0.15, 0.2) is 42.5 Å². The molecular formula is C15H10ClN3O2. The molecular weight excluding hydrogens is 290 g/mol. The van der Waals surface area contributed by atoms with Gasteiger partial charge >= 0.3 is 0 Å². The number of aromatic nitrogens is 2. The minimum atomic E-state index is -0.450. The average molecular weight is 300 g/mol. The summed E-state index contributed by atoms with van der Waals surface area (Å²) in [5.41, 5.74) is 1.96. The lowest BCUT2D eigenvalue weighted by atomic mass is 10.1. The van der Waals surface area contributed by atoms with Crippen molar-refractivity contribution in [2.24, 2.45) is 0 Å². The maximum absolute atomic E-state index is 11.0. The maximum atomic E-state index is 11.0. The second kappa shape index (κ2) is 5.38. The zero-order chi connectivity index (χ0) is 14.8. The van der Waals surface area contributed by atoms with Gasteiger partial charge in [0.1, 0.15) is 0 Å². The summed E-state index contributed by atoms with van der Waals surface area (Å²) in [5.74, 6) is 0. The first kappa shape index (κ1) is 13.3. The zero-order valence-electron chi connectivity index (χ0n) is 10.8. The van der Waals surface area contributed by atoms with Gasteiger partial charge in [-0.05, 0) is 24.3 Å². The van der Waals surface area contributed by atoms with Crippen LogP contribution in [0.25, 0.3) is 23.1 Å². The molecule has 1 heterocycles. The molecule has 0 amide bonds. The van der Waals surface area contributed by atoms with E-state index in [0.717, 1.165) is 10.9 Å². The van der Waals surface area contributed by atoms with E-state index in [1.54, 1.807) is 24.3 Å². The predicted octanol–water partition coefficient (Wildman–Crippen LogP) is 4.29. The lowest BCUT2D eigenvalue weighted by Crippen LogP contribution is -1.91. The lowest BCUT2D eigenvalue weighted by molar-refractivity contribution is -0.385. The fourth-order valence-electron chi connectivity index (χ4n) is 2.12. The van der Waals surface area contributed by atoms with Crippen LogP contribution in [0.3, 0.4) is 0 Å². The van der Waals surface area contributed by atoms with Gasteiger partial charge in [0.2, 0.25) is 0 Å². The molecule has 2 aromatic carbocycles. The average Bonchev–Trinajstić information content (AvgIpc) is 2.89. The number of nitrogens with zero attached hydrogens (tertiary/aromatic N) is 2. The van der Waals surface area contributed by atoms with Crippen LogP contribution in [0.5, 0.6) is 0 Å². The van der Waals surface area contributed by atoms with E-state index in [-0.39, 0.29) is 5.69 Å². The van der Waals surface area contributed by atoms with Crippen molar-refractivity contribution in [3.63, 3.8) is 0 Å². The molecule has 104 valence electrons. The van der Waals surface area contributed by atoms with E-state index < -0.39 is 4.92 Å². The number of hydrogen-bond acceptors (Lipinski definition) is 3. The monoisotopic (exact) mass is 299 g/mol. The second-order valence-electron chi connectivity index (χ2n) is 4.42. The number of fused-ring (bicyclic) bond motifs is 1. The van der Waals surface area contributed by atoms with Crippen molar-refractivity contribution in [1.29, 1.82) is 0 Å². The number of rotatable bonds is 3. The van der Waals surface area contributed by atoms with Gasteiger partial charge in [0.25, 0.3) is 5.69 Å². The Morgan fingerprint density at radius 1 is 1.14 bits per heavy atom. The van der Waals surface area contributed by atoms with Gasteiger partial charge in [-0.2, -0.15) is 5.10 Å². The van der Waals surface area contributed by atoms with Crippen LogP contribution in [0, 0.1) is 10.1 Å². The number of aromatic amines is 1. The van der Waals surface area contributed by atoms with E-state index in [2.05, 4.69) is 10.2 Å². The minimum Gasteiger partial charge on any atom is -0.277 e. The van der Waals surface area contributed by atoms with Crippen LogP contribution in [-0.2, 0) is 0 Å². The Hall–Kier alpha value is -2.66. The number of nitro benzene ring substituents is 1. The number of halogens is 1. The van der Waals surface area contributed by atoms with Gasteiger partial charge in [-0.15, -0.1) is 0 Å². The van der Waals surface area contributed by atoms with E-state index in [1.165, 1.54) is 6.07 Å². The molecule has 0 saturated carbocycles. The Morgan fingerprint density at radius 3 is 2.76 bits per heavy atom. The second-order valence-corrected chi connectivity index (χ2v) is 4.82. The molecule has 0 saturated heterocycles. The van der Waals surface area contributed by atoms with Crippen molar-refractivity contribution in [3.8, 4) is 0 Å². The molecule has 21 heavy (non-hydrogen) atoms. The van der Waals surface area contributed by atoms with Crippen molar-refractivity contribution < 1.29 is 4.92 Å². The van der Waals surface area contributed by atoms with E-state index in [1.807, 2.05) is 24.3 Å². The highest BCUT2D eigenvalue weighted by Crippen LogP contribution is 2.28. The van der Waals surface area contributed by atoms with Gasteiger partial charge in [0.15, 0.2) is 0 Å². The number of para-hydroxylation sites is 1. The molecule has 6 heteroatoms. The molecule has 0 aliphatic carbocycles. The van der Waals surface area contributed by atoms with E-state index in [0.29, 0.717) is 16.3 Å². The third kappa shape index (κ3) is 2.51. The Morgan fingerprint density at radius 2 is 1.95 bits per heavy atom. The largest absolute Gasteiger partial charge is 0.278 e. The Labute approximate surface area is 125 Å². The highest BCUT2D eigenvalue weighted by Gasteiger charge is 2.14. The van der Waals surface area contributed by atoms with E-state index >= 15 is 0 Å². The lowest BCUT2D eigenvalue weighted by Gasteiger charge is -1.99. The molecule has 3 rings (SSSR count). The third-order valence-corrected chi connectivity index (χ3v) is 3.46. The molecule has 1 aromatic heterocycles. The van der Waals surface area contributed by atoms with Crippen LogP contribution in [0.2, 0.25) is 5.02 Å². The summed E-state index contributed by atoms with van der Waals surface area (Å²) in [6, 6.07) is 12.3. The van der Waals surface area contributed by atoms with E-state index in [4.69, 9.17) is 11.6 Å². The summed E-state index contributed by atoms with van der Waals surface area (Å²) in [7, 11) is 0. The standard InChI is InChI=1S/C15H10ClN3O2/c16-12-5-3-7-15(19(20)21)10(12)8-9-14-11-4-1-2-6-13(11)17-18-14/h1-9H,(H,17,18)/b9-8+. The number of H-pyrrole nitrogens is 1. The molecule has 0 atom stereocenters. The Balaban J connectivity index is 2.06. The molecule has 0 unspecified atom stereocenters. The Bertz CT molecular complexity index is 855. The number of hydrogen-bond donors (Lipinski definition) is 1. The fourth-order valence-corrected chi connectivity index (χ4v) is 2.36. The minimum absolute atomic E-state index is 0.0291. The predicted molar refractivity (Wildman–Crippen MR) is 83.1 cm³/mol. The SMILES string of the molecule is O=[N+]([O-])c1cccc(Cl)c1/C=C/c1n[nH]c2ccccc12. The van der Waals surface area contributed by atoms with Crippen molar-refractivity contribution in [2.75, 3.05) is 0 Å². The molecule has 5 nitrogen and oxygen atoms in total. The smallest absolute Gasteiger partial charge is 0.277 e. The molecule has 0 aliphatic rings. The first-order valence-electron chi connectivity index (χ1n) is 6.21. The molecule has 3 aromatic rings. The molecule has 0 aliphatic heterocycles. The first-order valence-corrected chi connectivity index (χ1v) is 6.58. The van der Waals surface area contributed by atoms with Crippen LogP contribution in [-0.4, -0.2) is 15.1 Å². The van der Waals surface area contributed by atoms with Crippen LogP contribution in [0.4, 0.5) is 5.69 Å². The van der Waals surface area contributed by atoms with Gasteiger partial charge in [-0.1, -0.05) is 35.9 Å². The van der Waals surface area contributed by atoms with Gasteiger partial charge in [-0.25, -0.2) is 0 Å². The summed E-state index contributed by atoms with van der Waals surface area (Å²) in [5, 5.41) is 19.4. The highest BCUT2D eigenvalue weighted by atomic mass is 35.5. The number of benzene rings is 2. The topological polar surface area (TPSA) is 71.8 Å². The summed E-state index contributed by atoms with van der Waals surface area (Å²) in [4.78, 5) is 10.6. The molecule has 0 bridgehead atoms. The van der Waals surface area contributed by atoms with Crippen LogP contribution in [0.1, 0.15) is 11.3 Å². The van der Waals surface area contributed by atoms with Gasteiger partial charge in [0, 0.05) is 11.5 Å². The van der Waals surface area contributed by atoms with Gasteiger partial charge in [0.05, 0.1) is 26.7 Å². The van der Waals surface area contributed by atoms with E-state index in [9.17, 15) is 10.1 Å². The molecule has 0 radical (unpaired) electrons. The van der Waals surface area contributed by atoms with Gasteiger partial charge in [-0.3, -0.25) is 15.2 Å². The first-order chi connectivity index (χ1) is 10.2. The van der Waals surface area contributed by atoms with Crippen molar-refractivity contribution in [3.05, 3.63) is 68.9 Å². The summed E-state index contributed by atoms with van der Waals surface area (Å²) in [6.07, 6.45) is 3.33.